The Balaban J connectivity index is 2.40. The number of esters is 1. The predicted molar refractivity (Wildman–Crippen MR) is 63.9 cm³/mol. The molecule has 2 N–H and O–H groups in total. The molecule has 3 nitrogen and oxygen atoms in total. The summed E-state index contributed by atoms with van der Waals surface area (Å²) in [6.45, 7) is 4.41. The summed E-state index contributed by atoms with van der Waals surface area (Å²) in [5, 5.41) is 0. The molecule has 4 heteroatoms. The minimum absolute atomic E-state index is 0.0576. The molecule has 0 aromatic rings. The first-order valence-electron chi connectivity index (χ1n) is 5.59. The van der Waals surface area contributed by atoms with Crippen molar-refractivity contribution in [3.05, 3.63) is 0 Å². The fourth-order valence-electron chi connectivity index (χ4n) is 2.30. The molecule has 0 aromatic carbocycles. The molecule has 0 heterocycles. The van der Waals surface area contributed by atoms with Gasteiger partial charge in [0, 0.05) is 5.75 Å². The van der Waals surface area contributed by atoms with Gasteiger partial charge in [-0.1, -0.05) is 13.8 Å². The van der Waals surface area contributed by atoms with E-state index in [1.54, 1.807) is 0 Å². The van der Waals surface area contributed by atoms with Gasteiger partial charge in [0.15, 0.2) is 0 Å². The van der Waals surface area contributed by atoms with Crippen molar-refractivity contribution in [3.63, 3.8) is 0 Å². The Morgan fingerprint density at radius 3 is 2.40 bits per heavy atom. The number of carbonyl (C=O) groups is 1. The maximum Gasteiger partial charge on any atom is 0.324 e. The predicted octanol–water partition coefficient (Wildman–Crippen LogP) is 1.61. The van der Waals surface area contributed by atoms with Crippen molar-refractivity contribution in [1.82, 2.24) is 0 Å². The Morgan fingerprint density at radius 2 is 1.93 bits per heavy atom. The first-order valence-corrected chi connectivity index (χ1v) is 6.23. The van der Waals surface area contributed by atoms with Crippen molar-refractivity contribution in [3.8, 4) is 0 Å². The number of thiol groups is 1. The fourth-order valence-corrected chi connectivity index (χ4v) is 2.44. The van der Waals surface area contributed by atoms with E-state index in [1.165, 1.54) is 6.42 Å². The summed E-state index contributed by atoms with van der Waals surface area (Å²) >= 11 is 3.98. The largest absolute Gasteiger partial charge is 0.461 e. The molecule has 3 atom stereocenters. The van der Waals surface area contributed by atoms with Crippen molar-refractivity contribution in [2.45, 2.75) is 45.3 Å². The maximum absolute atomic E-state index is 11.5. The van der Waals surface area contributed by atoms with Crippen LogP contribution in [-0.4, -0.2) is 23.9 Å². The van der Waals surface area contributed by atoms with Gasteiger partial charge in [0.2, 0.25) is 0 Å². The Hall–Kier alpha value is -0.220. The molecule has 0 spiro atoms. The molecular formula is C11H21NO2S. The van der Waals surface area contributed by atoms with Crippen LogP contribution in [0.3, 0.4) is 0 Å². The van der Waals surface area contributed by atoms with E-state index in [1.807, 2.05) is 0 Å². The topological polar surface area (TPSA) is 52.3 Å². The highest BCUT2D eigenvalue weighted by Crippen LogP contribution is 2.30. The van der Waals surface area contributed by atoms with Crippen molar-refractivity contribution >= 4 is 18.6 Å². The molecule has 0 amide bonds. The SMILES string of the molecule is CC1CC(C)CC(OC(=O)[C@H](N)CS)C1. The third-order valence-electron chi connectivity index (χ3n) is 2.92. The first-order chi connectivity index (χ1) is 7.02. The summed E-state index contributed by atoms with van der Waals surface area (Å²) in [7, 11) is 0. The second-order valence-electron chi connectivity index (χ2n) is 4.77. The average molecular weight is 231 g/mol. The highest BCUT2D eigenvalue weighted by molar-refractivity contribution is 7.80. The second-order valence-corrected chi connectivity index (χ2v) is 5.13. The highest BCUT2D eigenvalue weighted by atomic mass is 32.1. The Labute approximate surface area is 97.2 Å². The van der Waals surface area contributed by atoms with E-state index in [0.29, 0.717) is 17.6 Å². The monoisotopic (exact) mass is 231 g/mol. The van der Waals surface area contributed by atoms with Gasteiger partial charge >= 0.3 is 5.97 Å². The third kappa shape index (κ3) is 4.03. The van der Waals surface area contributed by atoms with Crippen LogP contribution in [0, 0.1) is 11.8 Å². The van der Waals surface area contributed by atoms with Gasteiger partial charge in [-0.15, -0.1) is 0 Å². The number of nitrogens with two attached hydrogens (primary N) is 1. The van der Waals surface area contributed by atoms with Gasteiger partial charge in [-0.05, 0) is 31.1 Å². The van der Waals surface area contributed by atoms with Crippen LogP contribution in [0.4, 0.5) is 0 Å². The fraction of sp³-hybridized carbons (Fsp3) is 0.909. The van der Waals surface area contributed by atoms with E-state index < -0.39 is 6.04 Å². The van der Waals surface area contributed by atoms with E-state index in [9.17, 15) is 4.79 Å². The molecule has 88 valence electrons. The van der Waals surface area contributed by atoms with Gasteiger partial charge in [0.05, 0.1) is 0 Å². The molecule has 0 bridgehead atoms. The number of ether oxygens (including phenoxy) is 1. The molecule has 2 unspecified atom stereocenters. The lowest BCUT2D eigenvalue weighted by Crippen LogP contribution is -2.38. The summed E-state index contributed by atoms with van der Waals surface area (Å²) in [6, 6.07) is -0.583. The lowest BCUT2D eigenvalue weighted by molar-refractivity contribution is -0.153. The number of rotatable bonds is 3. The van der Waals surface area contributed by atoms with Crippen LogP contribution in [0.1, 0.15) is 33.1 Å². The minimum Gasteiger partial charge on any atom is -0.461 e. The average Bonchev–Trinajstić information content (AvgIpc) is 2.14. The van der Waals surface area contributed by atoms with Crippen LogP contribution in [0.2, 0.25) is 0 Å². The molecule has 1 aliphatic carbocycles. The van der Waals surface area contributed by atoms with Crippen LogP contribution in [0.5, 0.6) is 0 Å². The van der Waals surface area contributed by atoms with Crippen molar-refractivity contribution < 1.29 is 9.53 Å². The Kier molecular flexibility index (Phi) is 4.93. The normalized spacial score (nSPS) is 33.5. The molecular weight excluding hydrogens is 210 g/mol. The summed E-state index contributed by atoms with van der Waals surface area (Å²) < 4.78 is 5.37. The number of carbonyl (C=O) groups excluding carboxylic acids is 1. The van der Waals surface area contributed by atoms with Crippen LogP contribution in [-0.2, 0) is 9.53 Å². The van der Waals surface area contributed by atoms with Crippen molar-refractivity contribution in [2.75, 3.05) is 5.75 Å². The van der Waals surface area contributed by atoms with Gasteiger partial charge in [0.25, 0.3) is 0 Å². The molecule has 0 aliphatic heterocycles. The zero-order valence-corrected chi connectivity index (χ0v) is 10.4. The van der Waals surface area contributed by atoms with Crippen LogP contribution < -0.4 is 5.73 Å². The summed E-state index contributed by atoms with van der Waals surface area (Å²) in [4.78, 5) is 11.5. The van der Waals surface area contributed by atoms with E-state index >= 15 is 0 Å². The van der Waals surface area contributed by atoms with Gasteiger partial charge in [-0.25, -0.2) is 0 Å². The molecule has 0 aromatic heterocycles. The molecule has 0 radical (unpaired) electrons. The molecule has 0 saturated heterocycles. The maximum atomic E-state index is 11.5. The van der Waals surface area contributed by atoms with Gasteiger partial charge in [-0.3, -0.25) is 4.79 Å². The zero-order valence-electron chi connectivity index (χ0n) is 9.48. The molecule has 1 aliphatic rings. The number of hydrogen-bond acceptors (Lipinski definition) is 4. The second kappa shape index (κ2) is 5.75. The van der Waals surface area contributed by atoms with Crippen LogP contribution in [0.15, 0.2) is 0 Å². The molecule has 1 fully saturated rings. The third-order valence-corrected chi connectivity index (χ3v) is 3.31. The minimum atomic E-state index is -0.583. The van der Waals surface area contributed by atoms with Crippen molar-refractivity contribution in [1.29, 1.82) is 0 Å². The summed E-state index contributed by atoms with van der Waals surface area (Å²) in [5.41, 5.74) is 5.55. The van der Waals surface area contributed by atoms with Crippen molar-refractivity contribution in [2.24, 2.45) is 17.6 Å². The van der Waals surface area contributed by atoms with Gasteiger partial charge < -0.3 is 10.5 Å². The number of hydrogen-bond donors (Lipinski definition) is 2. The summed E-state index contributed by atoms with van der Waals surface area (Å²) in [6.07, 6.45) is 3.22. The van der Waals surface area contributed by atoms with E-state index in [2.05, 4.69) is 26.5 Å². The first kappa shape index (κ1) is 12.8. The highest BCUT2D eigenvalue weighted by Gasteiger charge is 2.27. The molecule has 1 saturated carbocycles. The van der Waals surface area contributed by atoms with Gasteiger partial charge in [-0.2, -0.15) is 12.6 Å². The summed E-state index contributed by atoms with van der Waals surface area (Å²) in [5.74, 6) is 1.31. The van der Waals surface area contributed by atoms with E-state index in [4.69, 9.17) is 10.5 Å². The standard InChI is InChI=1S/C11H21NO2S/c1-7-3-8(2)5-9(4-7)14-11(13)10(12)6-15/h7-10,15H,3-6,12H2,1-2H3/t7?,8?,9?,10-/m1/s1. The molecule has 1 rings (SSSR count). The smallest absolute Gasteiger partial charge is 0.324 e. The van der Waals surface area contributed by atoms with Crippen LogP contribution >= 0.6 is 12.6 Å². The lowest BCUT2D eigenvalue weighted by atomic mass is 9.82. The molecule has 15 heavy (non-hydrogen) atoms. The van der Waals surface area contributed by atoms with Gasteiger partial charge in [0.1, 0.15) is 12.1 Å². The Morgan fingerprint density at radius 1 is 1.40 bits per heavy atom. The van der Waals surface area contributed by atoms with E-state index in [-0.39, 0.29) is 12.1 Å². The lowest BCUT2D eigenvalue weighted by Gasteiger charge is -2.31. The van der Waals surface area contributed by atoms with Crippen LogP contribution in [0.25, 0.3) is 0 Å². The van der Waals surface area contributed by atoms with E-state index in [0.717, 1.165) is 12.8 Å². The quantitative estimate of drug-likeness (QED) is 0.573. The Bertz CT molecular complexity index is 213. The zero-order chi connectivity index (χ0) is 11.4.